The number of carboxylic acid groups (broad SMARTS) is 1. The molecule has 0 aromatic heterocycles. The van der Waals surface area contributed by atoms with Gasteiger partial charge in [0, 0.05) is 10.0 Å². The summed E-state index contributed by atoms with van der Waals surface area (Å²) in [5.41, 5.74) is 0.278. The maximum atomic E-state index is 14.8. The van der Waals surface area contributed by atoms with Crippen LogP contribution in [0.25, 0.3) is 0 Å². The molecule has 3 aromatic carbocycles. The zero-order valence-corrected chi connectivity index (χ0v) is 26.0. The predicted molar refractivity (Wildman–Crippen MR) is 164 cm³/mol. The molecule has 5 rings (SSSR count). The van der Waals surface area contributed by atoms with E-state index in [1.54, 1.807) is 0 Å². The van der Waals surface area contributed by atoms with Gasteiger partial charge in [0.15, 0.2) is 0 Å². The highest BCUT2D eigenvalue weighted by atomic mass is 35.5. The number of carbonyl (C=O) groups excluding carboxylic acids is 1. The first kappa shape index (κ1) is 34.7. The van der Waals surface area contributed by atoms with Gasteiger partial charge in [-0.1, -0.05) is 65.7 Å². The van der Waals surface area contributed by atoms with E-state index in [-0.39, 0.29) is 17.5 Å². The Morgan fingerprint density at radius 1 is 1.00 bits per heavy atom. The van der Waals surface area contributed by atoms with Crippen LogP contribution in [0.15, 0.2) is 78.9 Å². The number of benzene rings is 3. The second-order valence-electron chi connectivity index (χ2n) is 10.5. The topological polar surface area (TPSA) is 87.2 Å². The Morgan fingerprint density at radius 2 is 1.60 bits per heavy atom. The van der Waals surface area contributed by atoms with Gasteiger partial charge < -0.3 is 14.7 Å². The summed E-state index contributed by atoms with van der Waals surface area (Å²) in [6.07, 6.45) is -7.35. The first-order chi connectivity index (χ1) is 21.3. The van der Waals surface area contributed by atoms with E-state index < -0.39 is 72.4 Å². The average molecular weight is 690 g/mol. The summed E-state index contributed by atoms with van der Waals surface area (Å²) in [7, 11) is -1.86. The number of alkyl halides is 3. The van der Waals surface area contributed by atoms with E-state index in [0.717, 1.165) is 20.3 Å². The largest absolute Gasteiger partial charge is 0.481 e. The molecule has 2 fully saturated rings. The van der Waals surface area contributed by atoms with Crippen molar-refractivity contribution < 1.29 is 41.2 Å². The smallest absolute Gasteiger partial charge is 0.391 e. The molecule has 4 unspecified atom stereocenters. The van der Waals surface area contributed by atoms with E-state index in [4.69, 9.17) is 27.9 Å². The minimum atomic E-state index is -4.75. The summed E-state index contributed by atoms with van der Waals surface area (Å²) in [5, 5.41) is 10.1. The number of morpholine rings is 1. The number of nitrogens with zero attached hydrogens (tertiary/aromatic N) is 2. The summed E-state index contributed by atoms with van der Waals surface area (Å²) < 4.78 is 76.5. The SMILES string of the molecule is Clc1ccccc1.O=C(O)CC1OCC(c2ccc(Cl)cc2)N(C(CN(c2ccccc2F)S(=O)C2CC2)CC(F)(F)F)C1=O. The molecule has 0 spiro atoms. The molecule has 3 aromatic rings. The first-order valence-electron chi connectivity index (χ1n) is 13.9. The number of ether oxygens (including phenoxy) is 1. The first-order valence-corrected chi connectivity index (χ1v) is 15.9. The Bertz CT molecular complexity index is 1480. The van der Waals surface area contributed by atoms with Gasteiger partial charge in [0.05, 0.1) is 49.0 Å². The molecule has 1 N–H and O–H groups in total. The summed E-state index contributed by atoms with van der Waals surface area (Å²) in [5.74, 6) is -3.07. The molecule has 1 aliphatic heterocycles. The van der Waals surface area contributed by atoms with Crippen LogP contribution in [-0.4, -0.2) is 62.8 Å². The standard InChI is InChI=1S/C25H25ClF4N2O5S.C6H5Cl/c26-16-7-5-15(6-8-16)21-14-37-22(11-23(33)34)24(35)32(21)17(12-25(28,29)30)13-31(38(36)18-9-10-18)20-4-2-1-3-19(20)27;7-6-4-2-1-3-5-6/h1-8,17-18,21-22H,9-14H2,(H,33,34);1-5H. The lowest BCUT2D eigenvalue weighted by atomic mass is 9.98. The number of anilines is 1. The van der Waals surface area contributed by atoms with Crippen molar-refractivity contribution in [2.24, 2.45) is 0 Å². The van der Waals surface area contributed by atoms with E-state index in [9.17, 15) is 36.5 Å². The maximum absolute atomic E-state index is 14.8. The molecule has 45 heavy (non-hydrogen) atoms. The molecule has 4 atom stereocenters. The van der Waals surface area contributed by atoms with Crippen LogP contribution in [0.3, 0.4) is 0 Å². The lowest BCUT2D eigenvalue weighted by Gasteiger charge is -2.45. The summed E-state index contributed by atoms with van der Waals surface area (Å²) in [4.78, 5) is 25.8. The van der Waals surface area contributed by atoms with Crippen molar-refractivity contribution in [2.75, 3.05) is 17.5 Å². The van der Waals surface area contributed by atoms with Crippen molar-refractivity contribution in [3.05, 3.63) is 100 Å². The minimum absolute atomic E-state index is 0.143. The molecule has 2 aliphatic rings. The molecule has 242 valence electrons. The number of halogens is 6. The molecule has 14 heteroatoms. The molecular weight excluding hydrogens is 659 g/mol. The van der Waals surface area contributed by atoms with Crippen LogP contribution in [0.4, 0.5) is 23.2 Å². The summed E-state index contributed by atoms with van der Waals surface area (Å²) in [6.45, 7) is -0.871. The van der Waals surface area contributed by atoms with E-state index in [2.05, 4.69) is 0 Å². The van der Waals surface area contributed by atoms with Crippen LogP contribution < -0.4 is 4.31 Å². The molecule has 0 radical (unpaired) electrons. The van der Waals surface area contributed by atoms with Gasteiger partial charge in [0.1, 0.15) is 22.9 Å². The van der Waals surface area contributed by atoms with Crippen molar-refractivity contribution in [1.82, 2.24) is 4.90 Å². The number of hydrogen-bond donors (Lipinski definition) is 1. The molecule has 1 saturated heterocycles. The van der Waals surface area contributed by atoms with E-state index in [1.807, 2.05) is 30.3 Å². The van der Waals surface area contributed by atoms with Crippen LogP contribution in [-0.2, 0) is 25.3 Å². The summed E-state index contributed by atoms with van der Waals surface area (Å²) >= 11 is 11.5. The quantitative estimate of drug-likeness (QED) is 0.228. The third-order valence-corrected chi connectivity index (χ3v) is 9.38. The number of rotatable bonds is 10. The average Bonchev–Trinajstić information content (AvgIpc) is 3.83. The van der Waals surface area contributed by atoms with Crippen LogP contribution in [0.2, 0.25) is 10.0 Å². The Hall–Kier alpha value is -3.19. The molecular formula is C31H30Cl2F4N2O5S. The molecule has 1 aliphatic carbocycles. The number of aliphatic carboxylic acids is 1. The van der Waals surface area contributed by atoms with Gasteiger partial charge in [-0.3, -0.25) is 13.9 Å². The zero-order valence-electron chi connectivity index (χ0n) is 23.7. The fourth-order valence-corrected chi connectivity index (χ4v) is 6.69. The third-order valence-electron chi connectivity index (χ3n) is 7.05. The minimum Gasteiger partial charge on any atom is -0.481 e. The lowest BCUT2D eigenvalue weighted by molar-refractivity contribution is -0.179. The van der Waals surface area contributed by atoms with Gasteiger partial charge in [-0.2, -0.15) is 13.2 Å². The Balaban J connectivity index is 0.000000580. The second-order valence-corrected chi connectivity index (χ2v) is 13.0. The highest BCUT2D eigenvalue weighted by Crippen LogP contribution is 2.38. The highest BCUT2D eigenvalue weighted by Gasteiger charge is 2.47. The fourth-order valence-electron chi connectivity index (χ4n) is 4.86. The van der Waals surface area contributed by atoms with Crippen molar-refractivity contribution in [2.45, 2.75) is 55.3 Å². The van der Waals surface area contributed by atoms with Gasteiger partial charge in [0.25, 0.3) is 5.91 Å². The molecule has 1 saturated carbocycles. The number of carbonyl (C=O) groups is 2. The maximum Gasteiger partial charge on any atom is 0.391 e. The van der Waals surface area contributed by atoms with Crippen molar-refractivity contribution in [1.29, 1.82) is 0 Å². The lowest BCUT2D eigenvalue weighted by Crippen LogP contribution is -2.58. The van der Waals surface area contributed by atoms with Crippen LogP contribution in [0, 0.1) is 5.82 Å². The van der Waals surface area contributed by atoms with Gasteiger partial charge in [-0.05, 0) is 54.8 Å². The van der Waals surface area contributed by atoms with Gasteiger partial charge in [-0.25, -0.2) is 8.60 Å². The zero-order chi connectivity index (χ0) is 32.7. The normalized spacial score (nSPS) is 19.7. The second kappa shape index (κ2) is 15.4. The third kappa shape index (κ3) is 9.90. The van der Waals surface area contributed by atoms with Crippen LogP contribution >= 0.6 is 23.2 Å². The van der Waals surface area contributed by atoms with Gasteiger partial charge in [0.2, 0.25) is 0 Å². The van der Waals surface area contributed by atoms with E-state index in [1.165, 1.54) is 42.5 Å². The monoisotopic (exact) mass is 688 g/mol. The van der Waals surface area contributed by atoms with E-state index >= 15 is 0 Å². The number of amides is 1. The molecule has 1 amide bonds. The van der Waals surface area contributed by atoms with Gasteiger partial charge >= 0.3 is 12.1 Å². The van der Waals surface area contributed by atoms with Crippen molar-refractivity contribution >= 4 is 51.8 Å². The van der Waals surface area contributed by atoms with Gasteiger partial charge in [-0.15, -0.1) is 0 Å². The number of carboxylic acids is 1. The number of hydrogen-bond acceptors (Lipinski definition) is 4. The Labute approximate surface area is 270 Å². The van der Waals surface area contributed by atoms with E-state index in [0.29, 0.717) is 23.4 Å². The fraction of sp³-hybridized carbons (Fsp3) is 0.355. The molecule has 7 nitrogen and oxygen atoms in total. The number of para-hydroxylation sites is 1. The Kier molecular flexibility index (Phi) is 11.9. The Morgan fingerprint density at radius 3 is 2.13 bits per heavy atom. The van der Waals surface area contributed by atoms with Crippen molar-refractivity contribution in [3.8, 4) is 0 Å². The predicted octanol–water partition coefficient (Wildman–Crippen LogP) is 7.22. The van der Waals surface area contributed by atoms with Crippen molar-refractivity contribution in [3.63, 3.8) is 0 Å². The van der Waals surface area contributed by atoms with Crippen LogP contribution in [0.1, 0.15) is 37.3 Å². The molecule has 1 heterocycles. The summed E-state index contributed by atoms with van der Waals surface area (Å²) in [6, 6.07) is 18.2. The molecule has 0 bridgehead atoms. The highest BCUT2D eigenvalue weighted by molar-refractivity contribution is 7.87. The van der Waals surface area contributed by atoms with Crippen LogP contribution in [0.5, 0.6) is 0 Å².